The molecule has 1 aromatic heterocycles. The summed E-state index contributed by atoms with van der Waals surface area (Å²) >= 11 is 0. The molecule has 27 heavy (non-hydrogen) atoms. The number of nitrogens with one attached hydrogen (secondary N) is 1. The Kier molecular flexibility index (Phi) is 5.26. The molecule has 2 aromatic carbocycles. The van der Waals surface area contributed by atoms with Crippen LogP contribution in [-0.4, -0.2) is 10.5 Å². The van der Waals surface area contributed by atoms with Crippen LogP contribution >= 0.6 is 0 Å². The average molecular weight is 360 g/mol. The molecule has 4 nitrogen and oxygen atoms in total. The Morgan fingerprint density at radius 1 is 0.926 bits per heavy atom. The fourth-order valence-electron chi connectivity index (χ4n) is 3.18. The monoisotopic (exact) mass is 360 g/mol. The zero-order valence-electron chi connectivity index (χ0n) is 16.2. The molecule has 0 aliphatic heterocycles. The molecule has 0 saturated carbocycles. The number of hydrogen-bond acceptors (Lipinski definition) is 2. The van der Waals surface area contributed by atoms with Crippen LogP contribution in [0.4, 0.5) is 5.69 Å². The molecule has 3 aromatic rings. The van der Waals surface area contributed by atoms with Gasteiger partial charge in [0.25, 0.3) is 11.5 Å². The van der Waals surface area contributed by atoms with E-state index in [1.807, 2.05) is 52.0 Å². The van der Waals surface area contributed by atoms with Crippen molar-refractivity contribution in [2.75, 3.05) is 5.32 Å². The minimum atomic E-state index is -0.382. The molecule has 0 spiro atoms. The molecule has 138 valence electrons. The predicted molar refractivity (Wildman–Crippen MR) is 110 cm³/mol. The van der Waals surface area contributed by atoms with Crippen LogP contribution < -0.4 is 10.9 Å². The molecule has 1 heterocycles. The molecule has 0 aliphatic rings. The summed E-state index contributed by atoms with van der Waals surface area (Å²) in [5, 5.41) is 2.89. The molecule has 0 fully saturated rings. The first kappa shape index (κ1) is 18.6. The molecule has 4 heteroatoms. The quantitative estimate of drug-likeness (QED) is 0.750. The maximum Gasteiger partial charge on any atom is 0.263 e. The van der Waals surface area contributed by atoms with Gasteiger partial charge in [0, 0.05) is 11.9 Å². The Labute approximate surface area is 159 Å². The molecule has 1 N–H and O–H groups in total. The van der Waals surface area contributed by atoms with E-state index in [4.69, 9.17) is 0 Å². The number of pyridine rings is 1. The second-order valence-electron chi connectivity index (χ2n) is 7.01. The van der Waals surface area contributed by atoms with Gasteiger partial charge >= 0.3 is 0 Å². The number of nitrogens with zero attached hydrogens (tertiary/aromatic N) is 1. The Bertz CT molecular complexity index is 1040. The third kappa shape index (κ3) is 4.00. The van der Waals surface area contributed by atoms with E-state index < -0.39 is 0 Å². The lowest BCUT2D eigenvalue weighted by atomic mass is 10.1. The van der Waals surface area contributed by atoms with Gasteiger partial charge in [0.05, 0.1) is 6.54 Å². The number of anilines is 1. The normalized spacial score (nSPS) is 10.7. The maximum atomic E-state index is 12.9. The number of amides is 1. The lowest BCUT2D eigenvalue weighted by Gasteiger charge is -2.13. The Hall–Kier alpha value is -3.14. The van der Waals surface area contributed by atoms with Crippen LogP contribution in [0.2, 0.25) is 0 Å². The van der Waals surface area contributed by atoms with E-state index in [1.54, 1.807) is 22.9 Å². The van der Waals surface area contributed by atoms with Crippen molar-refractivity contribution in [2.45, 2.75) is 34.2 Å². The standard InChI is InChI=1S/C23H24N2O2/c1-15-10-11-16(2)19(13-15)14-25-12-6-9-20(23(25)27)22(26)24-21-17(3)7-5-8-18(21)4/h5-13H,14H2,1-4H3,(H,24,26). The number of benzene rings is 2. The van der Waals surface area contributed by atoms with Crippen molar-refractivity contribution >= 4 is 11.6 Å². The number of aromatic nitrogens is 1. The smallest absolute Gasteiger partial charge is 0.263 e. The summed E-state index contributed by atoms with van der Waals surface area (Å²) in [7, 11) is 0. The highest BCUT2D eigenvalue weighted by Gasteiger charge is 2.15. The minimum Gasteiger partial charge on any atom is -0.321 e. The van der Waals surface area contributed by atoms with E-state index in [1.165, 1.54) is 0 Å². The summed E-state index contributed by atoms with van der Waals surface area (Å²) in [4.78, 5) is 25.6. The highest BCUT2D eigenvalue weighted by atomic mass is 16.2. The van der Waals surface area contributed by atoms with Crippen LogP contribution in [0.25, 0.3) is 0 Å². The van der Waals surface area contributed by atoms with Crippen molar-refractivity contribution in [2.24, 2.45) is 0 Å². The highest BCUT2D eigenvalue weighted by molar-refractivity contribution is 6.04. The van der Waals surface area contributed by atoms with Gasteiger partial charge in [0.2, 0.25) is 0 Å². The summed E-state index contributed by atoms with van der Waals surface area (Å²) < 4.78 is 1.58. The van der Waals surface area contributed by atoms with Gasteiger partial charge in [0.1, 0.15) is 5.56 Å². The van der Waals surface area contributed by atoms with Crippen LogP contribution in [0.1, 0.15) is 38.2 Å². The zero-order valence-corrected chi connectivity index (χ0v) is 16.2. The second-order valence-corrected chi connectivity index (χ2v) is 7.01. The largest absolute Gasteiger partial charge is 0.321 e. The molecule has 0 bridgehead atoms. The van der Waals surface area contributed by atoms with Gasteiger partial charge in [-0.1, -0.05) is 42.0 Å². The lowest BCUT2D eigenvalue weighted by molar-refractivity contribution is 0.102. The van der Waals surface area contributed by atoms with Gasteiger partial charge in [-0.25, -0.2) is 0 Å². The number of para-hydroxylation sites is 1. The maximum absolute atomic E-state index is 12.9. The first-order chi connectivity index (χ1) is 12.9. The van der Waals surface area contributed by atoms with Crippen molar-refractivity contribution in [3.05, 3.63) is 98.5 Å². The molecular formula is C23H24N2O2. The van der Waals surface area contributed by atoms with Gasteiger partial charge in [0.15, 0.2) is 0 Å². The molecule has 0 atom stereocenters. The fraction of sp³-hybridized carbons (Fsp3) is 0.217. The second kappa shape index (κ2) is 7.62. The number of carbonyl (C=O) groups is 1. The summed E-state index contributed by atoms with van der Waals surface area (Å²) in [6.07, 6.45) is 1.72. The highest BCUT2D eigenvalue weighted by Crippen LogP contribution is 2.20. The number of rotatable bonds is 4. The van der Waals surface area contributed by atoms with Crippen molar-refractivity contribution in [3.8, 4) is 0 Å². The van der Waals surface area contributed by atoms with Gasteiger partial charge in [-0.15, -0.1) is 0 Å². The Balaban J connectivity index is 1.92. The van der Waals surface area contributed by atoms with Gasteiger partial charge in [-0.3, -0.25) is 9.59 Å². The Morgan fingerprint density at radius 2 is 1.63 bits per heavy atom. The van der Waals surface area contributed by atoms with Crippen molar-refractivity contribution < 1.29 is 4.79 Å². The van der Waals surface area contributed by atoms with E-state index in [9.17, 15) is 9.59 Å². The van der Waals surface area contributed by atoms with Crippen LogP contribution in [0.3, 0.4) is 0 Å². The molecule has 0 saturated heterocycles. The predicted octanol–water partition coefficient (Wildman–Crippen LogP) is 4.38. The number of aryl methyl sites for hydroxylation is 4. The van der Waals surface area contributed by atoms with E-state index in [-0.39, 0.29) is 17.0 Å². The van der Waals surface area contributed by atoms with Crippen LogP contribution in [0, 0.1) is 27.7 Å². The number of hydrogen-bond donors (Lipinski definition) is 1. The van der Waals surface area contributed by atoms with Gasteiger partial charge in [-0.05, 0) is 62.1 Å². The van der Waals surface area contributed by atoms with E-state index in [0.717, 1.165) is 33.5 Å². The lowest BCUT2D eigenvalue weighted by Crippen LogP contribution is -2.29. The Morgan fingerprint density at radius 3 is 2.33 bits per heavy atom. The van der Waals surface area contributed by atoms with Crippen LogP contribution in [-0.2, 0) is 6.54 Å². The molecule has 0 radical (unpaired) electrons. The molecule has 1 amide bonds. The average Bonchev–Trinajstić information content (AvgIpc) is 2.63. The fourth-order valence-corrected chi connectivity index (χ4v) is 3.18. The van der Waals surface area contributed by atoms with Crippen LogP contribution in [0.15, 0.2) is 59.5 Å². The summed E-state index contributed by atoms with van der Waals surface area (Å²) in [6, 6.07) is 15.3. The molecule has 0 unspecified atom stereocenters. The summed E-state index contributed by atoms with van der Waals surface area (Å²) in [6.45, 7) is 8.37. The van der Waals surface area contributed by atoms with E-state index >= 15 is 0 Å². The molecular weight excluding hydrogens is 336 g/mol. The van der Waals surface area contributed by atoms with Crippen molar-refractivity contribution in [3.63, 3.8) is 0 Å². The summed E-state index contributed by atoms with van der Waals surface area (Å²) in [5.74, 6) is -0.382. The minimum absolute atomic E-state index is 0.144. The zero-order chi connectivity index (χ0) is 19.6. The third-order valence-corrected chi connectivity index (χ3v) is 4.83. The number of carbonyl (C=O) groups excluding carboxylic acids is 1. The third-order valence-electron chi connectivity index (χ3n) is 4.83. The van der Waals surface area contributed by atoms with E-state index in [0.29, 0.717) is 6.54 Å². The van der Waals surface area contributed by atoms with Crippen molar-refractivity contribution in [1.82, 2.24) is 4.57 Å². The molecule has 3 rings (SSSR count). The van der Waals surface area contributed by atoms with E-state index in [2.05, 4.69) is 17.4 Å². The summed E-state index contributed by atoms with van der Waals surface area (Å²) in [5.41, 5.74) is 5.89. The van der Waals surface area contributed by atoms with Crippen LogP contribution in [0.5, 0.6) is 0 Å². The van der Waals surface area contributed by atoms with Gasteiger partial charge < -0.3 is 9.88 Å². The first-order valence-corrected chi connectivity index (χ1v) is 9.00. The SMILES string of the molecule is Cc1ccc(C)c(Cn2cccc(C(=O)Nc3c(C)cccc3C)c2=O)c1. The molecule has 0 aliphatic carbocycles. The van der Waals surface area contributed by atoms with Gasteiger partial charge in [-0.2, -0.15) is 0 Å². The van der Waals surface area contributed by atoms with Crippen molar-refractivity contribution in [1.29, 1.82) is 0 Å². The first-order valence-electron chi connectivity index (χ1n) is 9.00. The topological polar surface area (TPSA) is 51.1 Å².